The second-order valence-electron chi connectivity index (χ2n) is 12.0. The Bertz CT molecular complexity index is 1340. The van der Waals surface area contributed by atoms with Crippen LogP contribution in [0.15, 0.2) is 60.7 Å². The molecule has 2 saturated heterocycles. The van der Waals surface area contributed by atoms with Crippen LogP contribution >= 0.6 is 0 Å². The maximum absolute atomic E-state index is 14.2. The number of aryl methyl sites for hydroxylation is 1. The minimum atomic E-state index is -1.19. The highest BCUT2D eigenvalue weighted by molar-refractivity contribution is 6.02. The van der Waals surface area contributed by atoms with Crippen molar-refractivity contribution in [2.24, 2.45) is 17.8 Å². The number of carbonyl (C=O) groups excluding carboxylic acids is 3. The summed E-state index contributed by atoms with van der Waals surface area (Å²) in [6.07, 6.45) is 7.38. The number of hydrogen-bond acceptors (Lipinski definition) is 5. The third-order valence-corrected chi connectivity index (χ3v) is 9.27. The molecule has 2 bridgehead atoms. The monoisotopic (exact) mass is 557 g/mol. The van der Waals surface area contributed by atoms with E-state index in [4.69, 9.17) is 9.47 Å². The van der Waals surface area contributed by atoms with E-state index < -0.39 is 29.6 Å². The summed E-state index contributed by atoms with van der Waals surface area (Å²) in [5, 5.41) is 6.26. The molecule has 2 N–H and O–H groups in total. The Morgan fingerprint density at radius 2 is 1.78 bits per heavy atom. The van der Waals surface area contributed by atoms with Crippen LogP contribution in [0.2, 0.25) is 0 Å². The molecule has 216 valence electrons. The molecule has 41 heavy (non-hydrogen) atoms. The van der Waals surface area contributed by atoms with Crippen molar-refractivity contribution in [3.63, 3.8) is 0 Å². The smallest absolute Gasteiger partial charge is 0.246 e. The molecule has 1 saturated carbocycles. The fourth-order valence-corrected chi connectivity index (χ4v) is 7.15. The molecule has 3 aliphatic heterocycles. The van der Waals surface area contributed by atoms with Gasteiger partial charge in [-0.1, -0.05) is 61.7 Å². The number of anilines is 1. The van der Waals surface area contributed by atoms with Crippen molar-refractivity contribution in [3.05, 3.63) is 71.8 Å². The molecule has 0 unspecified atom stereocenters. The molecular weight excluding hydrogens is 518 g/mol. The second-order valence-corrected chi connectivity index (χ2v) is 12.0. The molecule has 4 aliphatic rings. The molecule has 2 aromatic rings. The van der Waals surface area contributed by atoms with E-state index in [-0.39, 0.29) is 30.3 Å². The van der Waals surface area contributed by atoms with Crippen molar-refractivity contribution in [1.82, 2.24) is 10.2 Å². The standard InChI is InChI=1S/C33H39N3O5/c1-4-40-24-15-13-23(14-16-24)34-30(37)27-26-17-18-33(41-26)28(27)32(39)36(19-22-11-9-20(2)10-12-22)29(33)31(38)35-25-8-6-5-7-21(25)3/h9-18,21,25-29H,4-8,19H2,1-3H3,(H,34,37)(H,35,38)/t21-,25-,26+,27-,28+,29+,33+/m1/s1. The van der Waals surface area contributed by atoms with E-state index in [1.807, 2.05) is 50.3 Å². The number of nitrogens with one attached hydrogen (secondary N) is 2. The van der Waals surface area contributed by atoms with Gasteiger partial charge in [-0.05, 0) is 62.4 Å². The highest BCUT2D eigenvalue weighted by Gasteiger charge is 2.72. The fourth-order valence-electron chi connectivity index (χ4n) is 7.15. The highest BCUT2D eigenvalue weighted by atomic mass is 16.5. The maximum Gasteiger partial charge on any atom is 0.246 e. The summed E-state index contributed by atoms with van der Waals surface area (Å²) in [6.45, 7) is 6.93. The lowest BCUT2D eigenvalue weighted by atomic mass is 9.74. The lowest BCUT2D eigenvalue weighted by molar-refractivity contribution is -0.142. The van der Waals surface area contributed by atoms with Crippen LogP contribution in [0.25, 0.3) is 0 Å². The topological polar surface area (TPSA) is 97.0 Å². The Kier molecular flexibility index (Phi) is 7.36. The molecule has 0 aromatic heterocycles. The summed E-state index contributed by atoms with van der Waals surface area (Å²) < 4.78 is 12.0. The van der Waals surface area contributed by atoms with Gasteiger partial charge >= 0.3 is 0 Å². The zero-order valence-corrected chi connectivity index (χ0v) is 24.0. The number of ether oxygens (including phenoxy) is 2. The molecule has 8 nitrogen and oxygen atoms in total. The van der Waals surface area contributed by atoms with Crippen LogP contribution in [0.4, 0.5) is 5.69 Å². The molecule has 1 aliphatic carbocycles. The second kappa shape index (κ2) is 11.0. The third kappa shape index (κ3) is 4.92. The summed E-state index contributed by atoms with van der Waals surface area (Å²) in [5.74, 6) is -1.16. The summed E-state index contributed by atoms with van der Waals surface area (Å²) >= 11 is 0. The number of likely N-dealkylation sites (tertiary alicyclic amines) is 1. The fraction of sp³-hybridized carbons (Fsp3) is 0.485. The van der Waals surface area contributed by atoms with Crippen molar-refractivity contribution in [3.8, 4) is 5.75 Å². The Balaban J connectivity index is 1.29. The first-order valence-corrected chi connectivity index (χ1v) is 14.9. The zero-order chi connectivity index (χ0) is 28.7. The van der Waals surface area contributed by atoms with Crippen molar-refractivity contribution >= 4 is 23.4 Å². The van der Waals surface area contributed by atoms with Crippen LogP contribution in [-0.2, 0) is 25.7 Å². The summed E-state index contributed by atoms with van der Waals surface area (Å²) in [7, 11) is 0. The lowest BCUT2D eigenvalue weighted by Crippen LogP contribution is -2.57. The van der Waals surface area contributed by atoms with Crippen molar-refractivity contribution < 1.29 is 23.9 Å². The Morgan fingerprint density at radius 3 is 2.49 bits per heavy atom. The van der Waals surface area contributed by atoms with Crippen molar-refractivity contribution in [2.75, 3.05) is 11.9 Å². The first-order valence-electron chi connectivity index (χ1n) is 14.9. The van der Waals surface area contributed by atoms with Crippen LogP contribution < -0.4 is 15.4 Å². The van der Waals surface area contributed by atoms with E-state index in [1.165, 1.54) is 6.42 Å². The van der Waals surface area contributed by atoms with E-state index in [9.17, 15) is 14.4 Å². The van der Waals surface area contributed by atoms with Gasteiger partial charge in [0.1, 0.15) is 17.4 Å². The normalized spacial score (nSPS) is 31.7. The van der Waals surface area contributed by atoms with Gasteiger partial charge in [0.05, 0.1) is 24.5 Å². The molecular formula is C33H39N3O5. The van der Waals surface area contributed by atoms with Gasteiger partial charge in [0.2, 0.25) is 17.7 Å². The number of fused-ring (bicyclic) bond motifs is 1. The van der Waals surface area contributed by atoms with Crippen LogP contribution in [0, 0.1) is 24.7 Å². The van der Waals surface area contributed by atoms with E-state index in [1.54, 1.807) is 29.2 Å². The molecule has 8 heteroatoms. The van der Waals surface area contributed by atoms with Crippen molar-refractivity contribution in [2.45, 2.75) is 76.8 Å². The van der Waals surface area contributed by atoms with E-state index in [0.717, 1.165) is 36.1 Å². The molecule has 3 fully saturated rings. The van der Waals surface area contributed by atoms with Crippen LogP contribution in [-0.4, -0.2) is 53.0 Å². The van der Waals surface area contributed by atoms with Gasteiger partial charge in [0.25, 0.3) is 0 Å². The number of hydrogen-bond donors (Lipinski definition) is 2. The quantitative estimate of drug-likeness (QED) is 0.470. The predicted molar refractivity (Wildman–Crippen MR) is 155 cm³/mol. The summed E-state index contributed by atoms with van der Waals surface area (Å²) in [5.41, 5.74) is 1.48. The molecule has 7 atom stereocenters. The third-order valence-electron chi connectivity index (χ3n) is 9.27. The summed E-state index contributed by atoms with van der Waals surface area (Å²) in [4.78, 5) is 43.7. The predicted octanol–water partition coefficient (Wildman–Crippen LogP) is 4.38. The van der Waals surface area contributed by atoms with Gasteiger partial charge in [-0.3, -0.25) is 14.4 Å². The van der Waals surface area contributed by atoms with Gasteiger partial charge in [-0.25, -0.2) is 0 Å². The van der Waals surface area contributed by atoms with Gasteiger partial charge in [-0.2, -0.15) is 0 Å². The molecule has 3 amide bonds. The molecule has 1 spiro atoms. The number of amides is 3. The van der Waals surface area contributed by atoms with Crippen LogP contribution in [0.5, 0.6) is 5.75 Å². The number of carbonyl (C=O) groups is 3. The lowest BCUT2D eigenvalue weighted by Gasteiger charge is -2.36. The van der Waals surface area contributed by atoms with E-state index >= 15 is 0 Å². The zero-order valence-electron chi connectivity index (χ0n) is 24.0. The first kappa shape index (κ1) is 27.5. The van der Waals surface area contributed by atoms with Gasteiger partial charge in [0.15, 0.2) is 0 Å². The van der Waals surface area contributed by atoms with Gasteiger partial charge in [0, 0.05) is 18.3 Å². The largest absolute Gasteiger partial charge is 0.494 e. The van der Waals surface area contributed by atoms with Crippen LogP contribution in [0.1, 0.15) is 50.7 Å². The molecule has 0 radical (unpaired) electrons. The number of benzene rings is 2. The first-order chi connectivity index (χ1) is 19.8. The SMILES string of the molecule is CCOc1ccc(NC(=O)[C@@H]2[C@@H]3C=C[C@]4(O3)[C@@H]2C(=O)N(Cc2ccc(C)cc2)[C@H]4C(=O)N[C@@H]2CCCC[C@H]2C)cc1. The minimum absolute atomic E-state index is 0.0596. The average Bonchev–Trinajstić information content (AvgIpc) is 3.60. The maximum atomic E-state index is 14.2. The number of nitrogens with zero attached hydrogens (tertiary/aromatic N) is 1. The Labute approximate surface area is 241 Å². The highest BCUT2D eigenvalue weighted by Crippen LogP contribution is 2.55. The average molecular weight is 558 g/mol. The Hall–Kier alpha value is -3.65. The van der Waals surface area contributed by atoms with E-state index in [2.05, 4.69) is 17.6 Å². The van der Waals surface area contributed by atoms with Crippen LogP contribution in [0.3, 0.4) is 0 Å². The van der Waals surface area contributed by atoms with Crippen molar-refractivity contribution in [1.29, 1.82) is 0 Å². The molecule has 2 aromatic carbocycles. The molecule has 3 heterocycles. The van der Waals surface area contributed by atoms with Gasteiger partial charge in [-0.15, -0.1) is 0 Å². The van der Waals surface area contributed by atoms with Gasteiger partial charge < -0.3 is 25.0 Å². The molecule has 6 rings (SSSR count). The Morgan fingerprint density at radius 1 is 1.05 bits per heavy atom. The van der Waals surface area contributed by atoms with E-state index in [0.29, 0.717) is 18.2 Å². The number of rotatable bonds is 8. The summed E-state index contributed by atoms with van der Waals surface area (Å²) in [6, 6.07) is 14.3. The minimum Gasteiger partial charge on any atom is -0.494 e.